The molecule has 0 saturated heterocycles. The second-order valence-corrected chi connectivity index (χ2v) is 5.56. The third kappa shape index (κ3) is 3.30. The molecule has 20 heavy (non-hydrogen) atoms. The molecule has 1 aromatic carbocycles. The summed E-state index contributed by atoms with van der Waals surface area (Å²) in [6.45, 7) is 2.40. The van der Waals surface area contributed by atoms with E-state index in [2.05, 4.69) is 5.32 Å². The molecular weight excluding hydrogens is 274 g/mol. The van der Waals surface area contributed by atoms with Gasteiger partial charge in [-0.15, -0.1) is 11.3 Å². The average molecular weight is 291 g/mol. The zero-order valence-electron chi connectivity index (χ0n) is 11.7. The summed E-state index contributed by atoms with van der Waals surface area (Å²) in [5.41, 5.74) is 0.912. The van der Waals surface area contributed by atoms with Crippen LogP contribution >= 0.6 is 11.3 Å². The van der Waals surface area contributed by atoms with E-state index < -0.39 is 0 Å². The normalized spacial score (nSPS) is 10.2. The van der Waals surface area contributed by atoms with E-state index in [1.165, 1.54) is 11.3 Å². The van der Waals surface area contributed by atoms with Crippen LogP contribution in [0.3, 0.4) is 0 Å². The zero-order chi connectivity index (χ0) is 14.5. The highest BCUT2D eigenvalue weighted by Gasteiger charge is 2.10. The van der Waals surface area contributed by atoms with E-state index in [0.29, 0.717) is 12.3 Å². The van der Waals surface area contributed by atoms with Gasteiger partial charge in [-0.05, 0) is 31.2 Å². The van der Waals surface area contributed by atoms with Gasteiger partial charge in [-0.1, -0.05) is 0 Å². The molecule has 0 aliphatic heterocycles. The molecule has 4 nitrogen and oxygen atoms in total. The quantitative estimate of drug-likeness (QED) is 0.921. The molecule has 0 radical (unpaired) electrons. The minimum absolute atomic E-state index is 0.0685. The van der Waals surface area contributed by atoms with Crippen molar-refractivity contribution >= 4 is 17.2 Å². The van der Waals surface area contributed by atoms with Gasteiger partial charge in [-0.3, -0.25) is 4.79 Å². The number of thiophene rings is 1. The molecule has 0 unspecified atom stereocenters. The molecule has 2 aromatic rings. The van der Waals surface area contributed by atoms with Gasteiger partial charge < -0.3 is 14.8 Å². The van der Waals surface area contributed by atoms with Crippen molar-refractivity contribution in [2.24, 2.45) is 0 Å². The smallest absolute Gasteiger partial charge is 0.261 e. The summed E-state index contributed by atoms with van der Waals surface area (Å²) in [6, 6.07) is 9.31. The fraction of sp³-hybridized carbons (Fsp3) is 0.267. The second-order valence-electron chi connectivity index (χ2n) is 4.27. The lowest BCUT2D eigenvalue weighted by Gasteiger charge is -2.11. The summed E-state index contributed by atoms with van der Waals surface area (Å²) in [5.74, 6) is 1.36. The van der Waals surface area contributed by atoms with Crippen molar-refractivity contribution in [1.82, 2.24) is 5.32 Å². The van der Waals surface area contributed by atoms with Crippen molar-refractivity contribution in [2.45, 2.75) is 13.5 Å². The number of rotatable bonds is 5. The first-order valence-electron chi connectivity index (χ1n) is 6.19. The molecule has 0 spiro atoms. The van der Waals surface area contributed by atoms with Gasteiger partial charge in [0, 0.05) is 23.1 Å². The average Bonchev–Trinajstić information content (AvgIpc) is 2.91. The number of hydrogen-bond acceptors (Lipinski definition) is 4. The summed E-state index contributed by atoms with van der Waals surface area (Å²) in [6.07, 6.45) is 0. The summed E-state index contributed by atoms with van der Waals surface area (Å²) in [5, 5.41) is 2.89. The number of hydrogen-bond donors (Lipinski definition) is 1. The van der Waals surface area contributed by atoms with E-state index in [4.69, 9.17) is 9.47 Å². The van der Waals surface area contributed by atoms with Crippen molar-refractivity contribution < 1.29 is 14.3 Å². The zero-order valence-corrected chi connectivity index (χ0v) is 12.5. The minimum Gasteiger partial charge on any atom is -0.497 e. The Labute approximate surface area is 122 Å². The van der Waals surface area contributed by atoms with Gasteiger partial charge in [0.2, 0.25) is 0 Å². The predicted octanol–water partition coefficient (Wildman–Crippen LogP) is 3.00. The van der Waals surface area contributed by atoms with E-state index in [9.17, 15) is 4.79 Å². The molecule has 106 valence electrons. The van der Waals surface area contributed by atoms with Crippen molar-refractivity contribution in [3.63, 3.8) is 0 Å². The van der Waals surface area contributed by atoms with Crippen LogP contribution in [0, 0.1) is 6.92 Å². The highest BCUT2D eigenvalue weighted by molar-refractivity contribution is 7.13. The van der Waals surface area contributed by atoms with Gasteiger partial charge in [0.25, 0.3) is 5.91 Å². The summed E-state index contributed by atoms with van der Waals surface area (Å²) in [4.78, 5) is 13.8. The summed E-state index contributed by atoms with van der Waals surface area (Å²) >= 11 is 1.48. The SMILES string of the molecule is COc1ccc(CNC(=O)c2ccc(C)s2)c(OC)c1. The van der Waals surface area contributed by atoms with E-state index in [1.54, 1.807) is 20.3 Å². The first-order chi connectivity index (χ1) is 9.63. The molecule has 0 fully saturated rings. The second kappa shape index (κ2) is 6.43. The molecule has 0 atom stereocenters. The molecule has 0 saturated carbocycles. The van der Waals surface area contributed by atoms with Crippen molar-refractivity contribution in [2.75, 3.05) is 14.2 Å². The molecule has 5 heteroatoms. The Morgan fingerprint density at radius 3 is 2.60 bits per heavy atom. The van der Waals surface area contributed by atoms with Crippen LogP contribution in [-0.2, 0) is 6.54 Å². The van der Waals surface area contributed by atoms with Crippen LogP contribution < -0.4 is 14.8 Å². The maximum absolute atomic E-state index is 12.0. The molecule has 1 aromatic heterocycles. The molecule has 1 heterocycles. The van der Waals surface area contributed by atoms with E-state index in [-0.39, 0.29) is 5.91 Å². The van der Waals surface area contributed by atoms with Gasteiger partial charge >= 0.3 is 0 Å². The van der Waals surface area contributed by atoms with Crippen LogP contribution in [0.25, 0.3) is 0 Å². The topological polar surface area (TPSA) is 47.6 Å². The van der Waals surface area contributed by atoms with Crippen LogP contribution in [0.5, 0.6) is 11.5 Å². The number of methoxy groups -OCH3 is 2. The number of carbonyl (C=O) groups excluding carboxylic acids is 1. The van der Waals surface area contributed by atoms with Crippen molar-refractivity contribution in [3.05, 3.63) is 45.6 Å². The molecular formula is C15H17NO3S. The molecule has 0 aliphatic carbocycles. The summed E-state index contributed by atoms with van der Waals surface area (Å²) in [7, 11) is 3.21. The van der Waals surface area contributed by atoms with E-state index in [0.717, 1.165) is 21.1 Å². The highest BCUT2D eigenvalue weighted by atomic mass is 32.1. The monoisotopic (exact) mass is 291 g/mol. The van der Waals surface area contributed by atoms with Gasteiger partial charge in [0.05, 0.1) is 19.1 Å². The standard InChI is InChI=1S/C15H17NO3S/c1-10-4-7-14(20-10)15(17)16-9-11-5-6-12(18-2)8-13(11)19-3/h4-8H,9H2,1-3H3,(H,16,17). The molecule has 0 bridgehead atoms. The van der Waals surface area contributed by atoms with Crippen LogP contribution in [0.4, 0.5) is 0 Å². The Morgan fingerprint density at radius 1 is 1.20 bits per heavy atom. The Bertz CT molecular complexity index is 607. The summed E-state index contributed by atoms with van der Waals surface area (Å²) < 4.78 is 10.4. The van der Waals surface area contributed by atoms with Crippen LogP contribution in [0.2, 0.25) is 0 Å². The third-order valence-electron chi connectivity index (χ3n) is 2.90. The number of benzene rings is 1. The number of amides is 1. The Kier molecular flexibility index (Phi) is 4.63. The fourth-order valence-electron chi connectivity index (χ4n) is 1.82. The lowest BCUT2D eigenvalue weighted by molar-refractivity contribution is 0.0955. The van der Waals surface area contributed by atoms with E-state index in [1.807, 2.05) is 31.2 Å². The number of carbonyl (C=O) groups is 1. The Morgan fingerprint density at radius 2 is 2.00 bits per heavy atom. The van der Waals surface area contributed by atoms with Gasteiger partial charge in [-0.2, -0.15) is 0 Å². The molecule has 1 N–H and O–H groups in total. The van der Waals surface area contributed by atoms with Gasteiger partial charge in [0.15, 0.2) is 0 Å². The lowest BCUT2D eigenvalue weighted by atomic mass is 10.2. The van der Waals surface area contributed by atoms with Crippen LogP contribution in [0.1, 0.15) is 20.1 Å². The lowest BCUT2D eigenvalue weighted by Crippen LogP contribution is -2.22. The largest absolute Gasteiger partial charge is 0.497 e. The fourth-order valence-corrected chi connectivity index (χ4v) is 2.60. The van der Waals surface area contributed by atoms with Crippen LogP contribution in [-0.4, -0.2) is 20.1 Å². The number of ether oxygens (including phenoxy) is 2. The minimum atomic E-state index is -0.0685. The number of aryl methyl sites for hydroxylation is 1. The number of nitrogens with one attached hydrogen (secondary N) is 1. The Hall–Kier alpha value is -2.01. The molecule has 1 amide bonds. The third-order valence-corrected chi connectivity index (χ3v) is 3.90. The van der Waals surface area contributed by atoms with E-state index >= 15 is 0 Å². The van der Waals surface area contributed by atoms with Crippen LogP contribution in [0.15, 0.2) is 30.3 Å². The van der Waals surface area contributed by atoms with Crippen molar-refractivity contribution in [1.29, 1.82) is 0 Å². The first-order valence-corrected chi connectivity index (χ1v) is 7.01. The predicted molar refractivity (Wildman–Crippen MR) is 79.8 cm³/mol. The van der Waals surface area contributed by atoms with Gasteiger partial charge in [0.1, 0.15) is 11.5 Å². The molecule has 0 aliphatic rings. The highest BCUT2D eigenvalue weighted by Crippen LogP contribution is 2.24. The first kappa shape index (κ1) is 14.4. The maximum atomic E-state index is 12.0. The maximum Gasteiger partial charge on any atom is 0.261 e. The van der Waals surface area contributed by atoms with Crippen molar-refractivity contribution in [3.8, 4) is 11.5 Å². The van der Waals surface area contributed by atoms with Gasteiger partial charge in [-0.25, -0.2) is 0 Å². The molecule has 2 rings (SSSR count). The Balaban J connectivity index is 2.05.